The summed E-state index contributed by atoms with van der Waals surface area (Å²) in [7, 11) is 0. The molecule has 1 aromatic carbocycles. The van der Waals surface area contributed by atoms with Crippen LogP contribution in [0.5, 0.6) is 0 Å². The molecule has 1 N–H and O–H groups in total. The fraction of sp³-hybridized carbons (Fsp3) is 0.562. The van der Waals surface area contributed by atoms with E-state index in [4.69, 9.17) is 0 Å². The van der Waals surface area contributed by atoms with E-state index in [2.05, 4.69) is 5.32 Å². The van der Waals surface area contributed by atoms with Gasteiger partial charge in [-0.2, -0.15) is 0 Å². The van der Waals surface area contributed by atoms with Gasteiger partial charge in [-0.3, -0.25) is 4.79 Å². The Morgan fingerprint density at radius 2 is 2.24 bits per heavy atom. The first kappa shape index (κ1) is 15.9. The van der Waals surface area contributed by atoms with Crippen molar-refractivity contribution in [2.45, 2.75) is 38.6 Å². The minimum atomic E-state index is -0.915. The lowest BCUT2D eigenvalue weighted by molar-refractivity contribution is -0.130. The van der Waals surface area contributed by atoms with Gasteiger partial charge in [0.05, 0.1) is 6.42 Å². The first-order valence-corrected chi connectivity index (χ1v) is 7.56. The number of carbonyl (C=O) groups excluding carboxylic acids is 1. The highest BCUT2D eigenvalue weighted by atomic mass is 19.2. The molecule has 1 unspecified atom stereocenters. The standard InChI is InChI=1S/C16H22F2N2O/c1-2-9-20(11-13-6-4-8-19-13)15(21)10-12-5-3-7-14(17)16(12)18/h3,5,7,13,19H,2,4,6,8-11H2,1H3. The van der Waals surface area contributed by atoms with E-state index in [0.29, 0.717) is 19.1 Å². The summed E-state index contributed by atoms with van der Waals surface area (Å²) in [6.07, 6.45) is 2.94. The van der Waals surface area contributed by atoms with E-state index in [1.807, 2.05) is 6.92 Å². The van der Waals surface area contributed by atoms with Gasteiger partial charge in [0, 0.05) is 24.7 Å². The van der Waals surface area contributed by atoms with Crippen LogP contribution in [0.15, 0.2) is 18.2 Å². The molecule has 1 saturated heterocycles. The van der Waals surface area contributed by atoms with Crippen LogP contribution >= 0.6 is 0 Å². The van der Waals surface area contributed by atoms with Crippen molar-refractivity contribution >= 4 is 5.91 Å². The number of nitrogens with one attached hydrogen (secondary N) is 1. The summed E-state index contributed by atoms with van der Waals surface area (Å²) < 4.78 is 26.9. The van der Waals surface area contributed by atoms with Gasteiger partial charge in [-0.05, 0) is 31.9 Å². The number of hydrogen-bond acceptors (Lipinski definition) is 2. The van der Waals surface area contributed by atoms with Crippen LogP contribution < -0.4 is 5.32 Å². The summed E-state index contributed by atoms with van der Waals surface area (Å²) in [6.45, 7) is 4.28. The Bertz CT molecular complexity index is 487. The van der Waals surface area contributed by atoms with Gasteiger partial charge < -0.3 is 10.2 Å². The largest absolute Gasteiger partial charge is 0.341 e. The zero-order valence-electron chi connectivity index (χ0n) is 12.4. The van der Waals surface area contributed by atoms with Crippen LogP contribution in [0.1, 0.15) is 31.7 Å². The highest BCUT2D eigenvalue weighted by Gasteiger charge is 2.22. The van der Waals surface area contributed by atoms with Gasteiger partial charge in [0.2, 0.25) is 5.91 Å². The monoisotopic (exact) mass is 296 g/mol. The van der Waals surface area contributed by atoms with Crippen molar-refractivity contribution in [2.75, 3.05) is 19.6 Å². The van der Waals surface area contributed by atoms with Crippen molar-refractivity contribution in [3.05, 3.63) is 35.4 Å². The molecule has 1 heterocycles. The number of halogens is 2. The van der Waals surface area contributed by atoms with Crippen molar-refractivity contribution in [1.29, 1.82) is 0 Å². The molecule has 1 aromatic rings. The van der Waals surface area contributed by atoms with Crippen molar-refractivity contribution in [3.8, 4) is 0 Å². The maximum absolute atomic E-state index is 13.7. The molecular weight excluding hydrogens is 274 g/mol. The van der Waals surface area contributed by atoms with Gasteiger partial charge in [0.25, 0.3) is 0 Å². The van der Waals surface area contributed by atoms with Crippen LogP contribution in [0.4, 0.5) is 8.78 Å². The zero-order chi connectivity index (χ0) is 15.2. The molecule has 0 bridgehead atoms. The number of nitrogens with zero attached hydrogens (tertiary/aromatic N) is 1. The minimum absolute atomic E-state index is 0.0870. The second-order valence-electron chi connectivity index (χ2n) is 5.52. The topological polar surface area (TPSA) is 32.3 Å². The summed E-state index contributed by atoms with van der Waals surface area (Å²) >= 11 is 0. The van der Waals surface area contributed by atoms with E-state index in [1.54, 1.807) is 4.90 Å². The number of hydrogen-bond donors (Lipinski definition) is 1. The number of carbonyl (C=O) groups is 1. The molecule has 0 spiro atoms. The van der Waals surface area contributed by atoms with E-state index >= 15 is 0 Å². The molecule has 0 aliphatic carbocycles. The highest BCUT2D eigenvalue weighted by molar-refractivity contribution is 5.78. The number of amides is 1. The average Bonchev–Trinajstić information content (AvgIpc) is 2.96. The smallest absolute Gasteiger partial charge is 0.227 e. The van der Waals surface area contributed by atoms with Crippen molar-refractivity contribution in [1.82, 2.24) is 10.2 Å². The second-order valence-corrected chi connectivity index (χ2v) is 5.52. The third kappa shape index (κ3) is 4.24. The van der Waals surface area contributed by atoms with Crippen molar-refractivity contribution in [2.24, 2.45) is 0 Å². The Kier molecular flexibility index (Phi) is 5.67. The summed E-state index contributed by atoms with van der Waals surface area (Å²) in [5.41, 5.74) is 0.125. The first-order valence-electron chi connectivity index (χ1n) is 7.56. The molecule has 1 aliphatic rings. The normalized spacial score (nSPS) is 18.0. The maximum Gasteiger partial charge on any atom is 0.227 e. The highest BCUT2D eigenvalue weighted by Crippen LogP contribution is 2.14. The molecule has 1 atom stereocenters. The van der Waals surface area contributed by atoms with E-state index in [9.17, 15) is 13.6 Å². The SMILES string of the molecule is CCCN(CC1CCCN1)C(=O)Cc1cccc(F)c1F. The lowest BCUT2D eigenvalue weighted by Crippen LogP contribution is -2.42. The predicted molar refractivity (Wildman–Crippen MR) is 78.0 cm³/mol. The predicted octanol–water partition coefficient (Wildman–Crippen LogP) is 2.50. The minimum Gasteiger partial charge on any atom is -0.341 e. The van der Waals surface area contributed by atoms with Gasteiger partial charge in [-0.15, -0.1) is 0 Å². The van der Waals surface area contributed by atoms with E-state index in [-0.39, 0.29) is 17.9 Å². The molecule has 5 heteroatoms. The summed E-state index contributed by atoms with van der Waals surface area (Å²) in [6, 6.07) is 4.28. The Hall–Kier alpha value is -1.49. The summed E-state index contributed by atoms with van der Waals surface area (Å²) in [5.74, 6) is -1.96. The molecule has 116 valence electrons. The Labute approximate surface area is 124 Å². The van der Waals surface area contributed by atoms with E-state index in [0.717, 1.165) is 31.9 Å². The van der Waals surface area contributed by atoms with Gasteiger partial charge in [-0.1, -0.05) is 19.1 Å². The van der Waals surface area contributed by atoms with Crippen molar-refractivity contribution < 1.29 is 13.6 Å². The zero-order valence-corrected chi connectivity index (χ0v) is 12.4. The molecular formula is C16H22F2N2O. The molecule has 21 heavy (non-hydrogen) atoms. The number of benzene rings is 1. The molecule has 3 nitrogen and oxygen atoms in total. The van der Waals surface area contributed by atoms with Crippen molar-refractivity contribution in [3.63, 3.8) is 0 Å². The third-order valence-electron chi connectivity index (χ3n) is 3.82. The first-order chi connectivity index (χ1) is 10.1. The van der Waals surface area contributed by atoms with Crippen LogP contribution in [-0.2, 0) is 11.2 Å². The second kappa shape index (κ2) is 7.50. The molecule has 0 aromatic heterocycles. The fourth-order valence-electron chi connectivity index (χ4n) is 2.73. The van der Waals surface area contributed by atoms with Crippen LogP contribution in [0.2, 0.25) is 0 Å². The van der Waals surface area contributed by atoms with Crippen LogP contribution in [0, 0.1) is 11.6 Å². The third-order valence-corrected chi connectivity index (χ3v) is 3.82. The fourth-order valence-corrected chi connectivity index (χ4v) is 2.73. The Morgan fingerprint density at radius 3 is 2.90 bits per heavy atom. The molecule has 0 saturated carbocycles. The van der Waals surface area contributed by atoms with Gasteiger partial charge in [-0.25, -0.2) is 8.78 Å². The number of rotatable bonds is 6. The van der Waals surface area contributed by atoms with E-state index < -0.39 is 11.6 Å². The van der Waals surface area contributed by atoms with Crippen LogP contribution in [0.25, 0.3) is 0 Å². The molecule has 1 amide bonds. The van der Waals surface area contributed by atoms with Gasteiger partial charge >= 0.3 is 0 Å². The van der Waals surface area contributed by atoms with Crippen LogP contribution in [0.3, 0.4) is 0 Å². The summed E-state index contributed by atoms with van der Waals surface area (Å²) in [4.78, 5) is 14.1. The Balaban J connectivity index is 2.01. The molecule has 2 rings (SSSR count). The lowest BCUT2D eigenvalue weighted by atomic mass is 10.1. The van der Waals surface area contributed by atoms with Crippen LogP contribution in [-0.4, -0.2) is 36.5 Å². The molecule has 1 fully saturated rings. The average molecular weight is 296 g/mol. The summed E-state index contributed by atoms with van der Waals surface area (Å²) in [5, 5.41) is 3.36. The Morgan fingerprint density at radius 1 is 1.43 bits per heavy atom. The van der Waals surface area contributed by atoms with Gasteiger partial charge in [0.1, 0.15) is 0 Å². The lowest BCUT2D eigenvalue weighted by Gasteiger charge is -2.25. The van der Waals surface area contributed by atoms with Gasteiger partial charge in [0.15, 0.2) is 11.6 Å². The van der Waals surface area contributed by atoms with E-state index in [1.165, 1.54) is 12.1 Å². The maximum atomic E-state index is 13.7. The molecule has 1 aliphatic heterocycles. The molecule has 0 radical (unpaired) electrons. The quantitative estimate of drug-likeness (QED) is 0.875.